The van der Waals surface area contributed by atoms with Crippen molar-refractivity contribution >= 4 is 27.9 Å². The first-order valence-electron chi connectivity index (χ1n) is 6.72. The molecule has 0 radical (unpaired) electrons. The second kappa shape index (κ2) is 6.48. The normalized spacial score (nSPS) is 18.3. The molecule has 1 aromatic rings. The summed E-state index contributed by atoms with van der Waals surface area (Å²) in [5, 5.41) is 2.66. The van der Waals surface area contributed by atoms with Crippen molar-refractivity contribution in [1.29, 1.82) is 0 Å². The Labute approximate surface area is 136 Å². The van der Waals surface area contributed by atoms with E-state index in [9.17, 15) is 14.0 Å². The van der Waals surface area contributed by atoms with Crippen molar-refractivity contribution < 1.29 is 18.7 Å². The summed E-state index contributed by atoms with van der Waals surface area (Å²) in [5.41, 5.74) is 0.890. The van der Waals surface area contributed by atoms with Crippen LogP contribution >= 0.6 is 15.9 Å². The van der Waals surface area contributed by atoms with E-state index in [4.69, 9.17) is 4.74 Å². The van der Waals surface area contributed by atoms with Crippen LogP contribution in [0, 0.1) is 5.82 Å². The van der Waals surface area contributed by atoms with Gasteiger partial charge in [0.25, 0.3) is 0 Å². The largest absolute Gasteiger partial charge is 0.466 e. The fourth-order valence-electron chi connectivity index (χ4n) is 2.51. The Morgan fingerprint density at radius 3 is 2.77 bits per heavy atom. The number of halogens is 2. The van der Waals surface area contributed by atoms with E-state index in [0.29, 0.717) is 16.7 Å². The van der Waals surface area contributed by atoms with Crippen molar-refractivity contribution in [2.75, 3.05) is 13.7 Å². The number of ether oxygens (including phenoxy) is 1. The summed E-state index contributed by atoms with van der Waals surface area (Å²) in [7, 11) is 1.25. The summed E-state index contributed by atoms with van der Waals surface area (Å²) >= 11 is 3.27. The highest BCUT2D eigenvalue weighted by atomic mass is 79.9. The minimum Gasteiger partial charge on any atom is -0.466 e. The van der Waals surface area contributed by atoms with Gasteiger partial charge in [0.05, 0.1) is 18.7 Å². The average Bonchev–Trinajstić information content (AvgIpc) is 2.49. The van der Waals surface area contributed by atoms with E-state index in [1.165, 1.54) is 24.1 Å². The van der Waals surface area contributed by atoms with Gasteiger partial charge in [-0.05, 0) is 32.0 Å². The van der Waals surface area contributed by atoms with Gasteiger partial charge in [0.1, 0.15) is 5.82 Å². The molecule has 1 atom stereocenters. The van der Waals surface area contributed by atoms with Gasteiger partial charge >= 0.3 is 12.0 Å². The van der Waals surface area contributed by atoms with E-state index in [1.807, 2.05) is 0 Å². The molecule has 1 aromatic carbocycles. The molecule has 0 saturated heterocycles. The van der Waals surface area contributed by atoms with Crippen LogP contribution in [0.25, 0.3) is 0 Å². The van der Waals surface area contributed by atoms with Gasteiger partial charge in [-0.3, -0.25) is 4.90 Å². The van der Waals surface area contributed by atoms with Gasteiger partial charge in [-0.2, -0.15) is 0 Å². The second-order valence-electron chi connectivity index (χ2n) is 4.78. The second-order valence-corrected chi connectivity index (χ2v) is 5.70. The zero-order chi connectivity index (χ0) is 16.4. The number of methoxy groups -OCH3 is 1. The standard InChI is InChI=1S/C15H16BrFN2O3/c1-4-19-8(2)12(14(20)22-3)13(18-15(19)21)10-7-9(16)5-6-11(10)17/h5-7,13H,4H2,1-3H3,(H,18,21). The first-order valence-corrected chi connectivity index (χ1v) is 7.52. The number of nitrogens with zero attached hydrogens (tertiary/aromatic N) is 1. The highest BCUT2D eigenvalue weighted by molar-refractivity contribution is 9.10. The maximum absolute atomic E-state index is 14.2. The minimum atomic E-state index is -0.889. The lowest BCUT2D eigenvalue weighted by Crippen LogP contribution is -2.48. The van der Waals surface area contributed by atoms with Crippen LogP contribution in [-0.2, 0) is 9.53 Å². The zero-order valence-electron chi connectivity index (χ0n) is 12.4. The molecule has 0 aromatic heterocycles. The van der Waals surface area contributed by atoms with E-state index in [-0.39, 0.29) is 17.2 Å². The lowest BCUT2D eigenvalue weighted by Gasteiger charge is -2.34. The number of carbonyl (C=O) groups is 2. The summed E-state index contributed by atoms with van der Waals surface area (Å²) in [6, 6.07) is 3.10. The molecule has 5 nitrogen and oxygen atoms in total. The maximum atomic E-state index is 14.2. The van der Waals surface area contributed by atoms with Crippen molar-refractivity contribution in [3.8, 4) is 0 Å². The highest BCUT2D eigenvalue weighted by Gasteiger charge is 2.36. The molecule has 7 heteroatoms. The Hall–Kier alpha value is -1.89. The Morgan fingerprint density at radius 1 is 1.50 bits per heavy atom. The van der Waals surface area contributed by atoms with Crippen LogP contribution in [0.5, 0.6) is 0 Å². The molecule has 1 unspecified atom stereocenters. The molecule has 0 bridgehead atoms. The summed E-state index contributed by atoms with van der Waals surface area (Å²) in [5.74, 6) is -1.10. The maximum Gasteiger partial charge on any atom is 0.337 e. The summed E-state index contributed by atoms with van der Waals surface area (Å²) in [6.07, 6.45) is 0. The minimum absolute atomic E-state index is 0.207. The first kappa shape index (κ1) is 16.5. The van der Waals surface area contributed by atoms with Crippen molar-refractivity contribution in [2.45, 2.75) is 19.9 Å². The summed E-state index contributed by atoms with van der Waals surface area (Å²) in [6.45, 7) is 3.83. The number of allylic oxidation sites excluding steroid dienone is 1. The highest BCUT2D eigenvalue weighted by Crippen LogP contribution is 2.33. The number of amides is 2. The number of benzene rings is 1. The van der Waals surface area contributed by atoms with Gasteiger partial charge in [-0.1, -0.05) is 15.9 Å². The predicted octanol–water partition coefficient (Wildman–Crippen LogP) is 3.12. The predicted molar refractivity (Wildman–Crippen MR) is 82.5 cm³/mol. The van der Waals surface area contributed by atoms with Crippen LogP contribution in [0.3, 0.4) is 0 Å². The molecule has 2 rings (SSSR count). The SMILES string of the molecule is CCN1C(=O)NC(c2cc(Br)ccc2F)C(C(=O)OC)=C1C. The van der Waals surface area contributed by atoms with Gasteiger partial charge in [0.2, 0.25) is 0 Å². The van der Waals surface area contributed by atoms with Crippen molar-refractivity contribution in [3.05, 3.63) is 45.3 Å². The van der Waals surface area contributed by atoms with Gasteiger partial charge in [0.15, 0.2) is 0 Å². The van der Waals surface area contributed by atoms with Crippen LogP contribution in [0.2, 0.25) is 0 Å². The van der Waals surface area contributed by atoms with Gasteiger partial charge < -0.3 is 10.1 Å². The van der Waals surface area contributed by atoms with Gasteiger partial charge in [-0.25, -0.2) is 14.0 Å². The third-order valence-electron chi connectivity index (χ3n) is 3.59. The van der Waals surface area contributed by atoms with Crippen molar-refractivity contribution in [3.63, 3.8) is 0 Å². The van der Waals surface area contributed by atoms with E-state index in [2.05, 4.69) is 21.2 Å². The monoisotopic (exact) mass is 370 g/mol. The molecule has 0 spiro atoms. The molecular formula is C15H16BrFN2O3. The molecule has 0 fully saturated rings. The fourth-order valence-corrected chi connectivity index (χ4v) is 2.88. The van der Waals surface area contributed by atoms with Crippen LogP contribution in [0.1, 0.15) is 25.5 Å². The van der Waals surface area contributed by atoms with Crippen molar-refractivity contribution in [1.82, 2.24) is 10.2 Å². The number of hydrogen-bond acceptors (Lipinski definition) is 3. The number of rotatable bonds is 3. The van der Waals surface area contributed by atoms with Crippen LogP contribution in [-0.4, -0.2) is 30.6 Å². The van der Waals surface area contributed by atoms with Crippen molar-refractivity contribution in [2.24, 2.45) is 0 Å². The smallest absolute Gasteiger partial charge is 0.337 e. The van der Waals surface area contributed by atoms with Gasteiger partial charge in [0, 0.05) is 22.3 Å². The molecule has 1 aliphatic rings. The number of nitrogens with one attached hydrogen (secondary N) is 1. The molecule has 1 N–H and O–H groups in total. The van der Waals surface area contributed by atoms with Gasteiger partial charge in [-0.15, -0.1) is 0 Å². The Morgan fingerprint density at radius 2 is 2.18 bits per heavy atom. The lowest BCUT2D eigenvalue weighted by molar-refractivity contribution is -0.136. The Kier molecular flexibility index (Phi) is 4.85. The first-order chi connectivity index (χ1) is 10.4. The third-order valence-corrected chi connectivity index (χ3v) is 4.08. The Balaban J connectivity index is 2.62. The van der Waals surface area contributed by atoms with Crippen LogP contribution in [0.4, 0.5) is 9.18 Å². The van der Waals surface area contributed by atoms with E-state index in [0.717, 1.165) is 0 Å². The average molecular weight is 371 g/mol. The number of hydrogen-bond donors (Lipinski definition) is 1. The topological polar surface area (TPSA) is 58.6 Å². The Bertz CT molecular complexity index is 660. The fraction of sp³-hybridized carbons (Fsp3) is 0.333. The van der Waals surface area contributed by atoms with E-state index in [1.54, 1.807) is 19.9 Å². The summed E-state index contributed by atoms with van der Waals surface area (Å²) in [4.78, 5) is 25.7. The molecule has 0 saturated carbocycles. The van der Waals surface area contributed by atoms with E-state index < -0.39 is 17.8 Å². The third kappa shape index (κ3) is 2.85. The zero-order valence-corrected chi connectivity index (χ0v) is 14.0. The number of carbonyl (C=O) groups excluding carboxylic acids is 2. The number of urea groups is 1. The lowest BCUT2D eigenvalue weighted by atomic mass is 9.94. The molecule has 22 heavy (non-hydrogen) atoms. The molecular weight excluding hydrogens is 355 g/mol. The summed E-state index contributed by atoms with van der Waals surface area (Å²) < 4.78 is 19.6. The molecule has 1 heterocycles. The molecule has 2 amide bonds. The van der Waals surface area contributed by atoms with Crippen LogP contribution in [0.15, 0.2) is 33.9 Å². The molecule has 1 aliphatic heterocycles. The molecule has 118 valence electrons. The number of esters is 1. The van der Waals surface area contributed by atoms with Crippen LogP contribution < -0.4 is 5.32 Å². The van der Waals surface area contributed by atoms with E-state index >= 15 is 0 Å². The molecule has 0 aliphatic carbocycles. The quantitative estimate of drug-likeness (QED) is 0.831.